The predicted octanol–water partition coefficient (Wildman–Crippen LogP) is 3.81. The Morgan fingerprint density at radius 2 is 1.95 bits per heavy atom. The number of rotatable bonds is 9. The quantitative estimate of drug-likeness (QED) is 0.736. The Labute approximate surface area is 118 Å². The van der Waals surface area contributed by atoms with E-state index in [1.165, 1.54) is 25.0 Å². The van der Waals surface area contributed by atoms with E-state index in [4.69, 9.17) is 0 Å². The summed E-state index contributed by atoms with van der Waals surface area (Å²) in [4.78, 5) is 0. The van der Waals surface area contributed by atoms with Gasteiger partial charge in [-0.2, -0.15) is 5.10 Å². The molecule has 0 aliphatic rings. The van der Waals surface area contributed by atoms with Crippen molar-refractivity contribution >= 4 is 0 Å². The van der Waals surface area contributed by atoms with Crippen LogP contribution in [-0.2, 0) is 6.42 Å². The molecule has 110 valence electrons. The maximum atomic E-state index is 4.66. The van der Waals surface area contributed by atoms with Crippen LogP contribution in [0, 0.1) is 5.92 Å². The smallest absolute Gasteiger partial charge is 0.0640 e. The van der Waals surface area contributed by atoms with Crippen LogP contribution in [0.5, 0.6) is 0 Å². The van der Waals surface area contributed by atoms with E-state index in [-0.39, 0.29) is 0 Å². The molecule has 0 radical (unpaired) electrons. The van der Waals surface area contributed by atoms with Crippen LogP contribution in [0.15, 0.2) is 12.3 Å². The lowest BCUT2D eigenvalue weighted by Gasteiger charge is -2.18. The van der Waals surface area contributed by atoms with E-state index < -0.39 is 0 Å². The van der Waals surface area contributed by atoms with Crippen molar-refractivity contribution < 1.29 is 0 Å². The van der Waals surface area contributed by atoms with Gasteiger partial charge in [-0.1, -0.05) is 20.8 Å². The van der Waals surface area contributed by atoms with Crippen LogP contribution in [0.3, 0.4) is 0 Å². The minimum absolute atomic E-state index is 0.450. The van der Waals surface area contributed by atoms with Gasteiger partial charge in [0.05, 0.1) is 5.69 Å². The molecule has 19 heavy (non-hydrogen) atoms. The molecule has 1 aromatic rings. The highest BCUT2D eigenvalue weighted by molar-refractivity contribution is 5.02. The normalized spacial score (nSPS) is 13.4. The lowest BCUT2D eigenvalue weighted by Crippen LogP contribution is -2.32. The van der Waals surface area contributed by atoms with Gasteiger partial charge in [0.2, 0.25) is 0 Å². The van der Waals surface area contributed by atoms with Crippen LogP contribution >= 0.6 is 0 Å². The van der Waals surface area contributed by atoms with Crippen molar-refractivity contribution in [2.75, 3.05) is 6.54 Å². The van der Waals surface area contributed by atoms with Crippen molar-refractivity contribution in [1.29, 1.82) is 0 Å². The summed E-state index contributed by atoms with van der Waals surface area (Å²) < 4.78 is 2.05. The van der Waals surface area contributed by atoms with Crippen molar-refractivity contribution in [3.63, 3.8) is 0 Å². The van der Waals surface area contributed by atoms with E-state index >= 15 is 0 Å². The third-order valence-electron chi connectivity index (χ3n) is 3.42. The summed E-state index contributed by atoms with van der Waals surface area (Å²) in [6, 6.07) is 3.18. The highest BCUT2D eigenvalue weighted by atomic mass is 15.3. The molecule has 1 aromatic heterocycles. The number of hydrogen-bond acceptors (Lipinski definition) is 2. The van der Waals surface area contributed by atoms with Crippen molar-refractivity contribution in [3.8, 4) is 0 Å². The Hall–Kier alpha value is -0.830. The molecule has 0 aliphatic carbocycles. The molecule has 0 aliphatic heterocycles. The highest BCUT2D eigenvalue weighted by Gasteiger charge is 2.12. The molecular formula is C16H31N3. The van der Waals surface area contributed by atoms with Crippen LogP contribution < -0.4 is 5.32 Å². The summed E-state index contributed by atoms with van der Waals surface area (Å²) >= 11 is 0. The topological polar surface area (TPSA) is 29.9 Å². The Morgan fingerprint density at radius 1 is 1.21 bits per heavy atom. The second kappa shape index (κ2) is 8.36. The SMILES string of the molecule is CCCNC(CCC(C)C)Cc1ccn(C(C)C)n1. The van der Waals surface area contributed by atoms with Crippen molar-refractivity contribution in [3.05, 3.63) is 18.0 Å². The fraction of sp³-hybridized carbons (Fsp3) is 0.812. The Balaban J connectivity index is 2.53. The summed E-state index contributed by atoms with van der Waals surface area (Å²) in [6.07, 6.45) is 6.86. The molecule has 0 saturated heterocycles. The van der Waals surface area contributed by atoms with Gasteiger partial charge in [-0.25, -0.2) is 0 Å². The molecule has 0 bridgehead atoms. The van der Waals surface area contributed by atoms with Crippen molar-refractivity contribution in [1.82, 2.24) is 15.1 Å². The maximum absolute atomic E-state index is 4.66. The highest BCUT2D eigenvalue weighted by Crippen LogP contribution is 2.12. The van der Waals surface area contributed by atoms with Crippen molar-refractivity contribution in [2.45, 2.75) is 72.4 Å². The van der Waals surface area contributed by atoms with E-state index in [0.29, 0.717) is 12.1 Å². The molecule has 1 N–H and O–H groups in total. The maximum Gasteiger partial charge on any atom is 0.0640 e. The minimum atomic E-state index is 0.450. The first kappa shape index (κ1) is 16.2. The van der Waals surface area contributed by atoms with Gasteiger partial charge in [-0.3, -0.25) is 4.68 Å². The van der Waals surface area contributed by atoms with Crippen LogP contribution in [0.25, 0.3) is 0 Å². The summed E-state index contributed by atoms with van der Waals surface area (Å²) in [5.41, 5.74) is 1.21. The summed E-state index contributed by atoms with van der Waals surface area (Å²) in [7, 11) is 0. The third-order valence-corrected chi connectivity index (χ3v) is 3.42. The second-order valence-corrected chi connectivity index (χ2v) is 6.21. The first-order valence-electron chi connectivity index (χ1n) is 7.80. The van der Waals surface area contributed by atoms with Crippen LogP contribution in [0.1, 0.15) is 65.6 Å². The van der Waals surface area contributed by atoms with Gasteiger partial charge in [0.25, 0.3) is 0 Å². The fourth-order valence-corrected chi connectivity index (χ4v) is 2.19. The average molecular weight is 265 g/mol. The molecular weight excluding hydrogens is 234 g/mol. The Morgan fingerprint density at radius 3 is 2.47 bits per heavy atom. The van der Waals surface area contributed by atoms with Gasteiger partial charge in [0.15, 0.2) is 0 Å². The molecule has 1 rings (SSSR count). The number of aromatic nitrogens is 2. The molecule has 1 heterocycles. The molecule has 0 aromatic carbocycles. The summed E-state index contributed by atoms with van der Waals surface area (Å²) in [5.74, 6) is 0.777. The molecule has 0 fully saturated rings. The molecule has 1 atom stereocenters. The summed E-state index contributed by atoms with van der Waals surface area (Å²) in [6.45, 7) is 12.3. The lowest BCUT2D eigenvalue weighted by molar-refractivity contribution is 0.421. The van der Waals surface area contributed by atoms with Gasteiger partial charge in [0.1, 0.15) is 0 Å². The van der Waals surface area contributed by atoms with Gasteiger partial charge >= 0.3 is 0 Å². The molecule has 3 nitrogen and oxygen atoms in total. The number of nitrogens with zero attached hydrogens (tertiary/aromatic N) is 2. The lowest BCUT2D eigenvalue weighted by atomic mass is 10.00. The molecule has 1 unspecified atom stereocenters. The van der Waals surface area contributed by atoms with E-state index in [1.54, 1.807) is 0 Å². The van der Waals surface area contributed by atoms with E-state index in [2.05, 4.69) is 62.0 Å². The van der Waals surface area contributed by atoms with Crippen molar-refractivity contribution in [2.24, 2.45) is 5.92 Å². The standard InChI is InChI=1S/C16H31N3/c1-6-10-17-15(8-7-13(2)3)12-16-9-11-19(18-16)14(4)5/h9,11,13-15,17H,6-8,10,12H2,1-5H3. The zero-order chi connectivity index (χ0) is 14.3. The molecule has 0 spiro atoms. The molecule has 3 heteroatoms. The van der Waals surface area contributed by atoms with Crippen LogP contribution in [-0.4, -0.2) is 22.4 Å². The first-order chi connectivity index (χ1) is 9.02. The van der Waals surface area contributed by atoms with E-state index in [0.717, 1.165) is 18.9 Å². The Kier molecular flexibility index (Phi) is 7.14. The number of hydrogen-bond donors (Lipinski definition) is 1. The predicted molar refractivity (Wildman–Crippen MR) is 82.5 cm³/mol. The Bertz CT molecular complexity index is 342. The summed E-state index contributed by atoms with van der Waals surface area (Å²) in [5, 5.41) is 8.32. The van der Waals surface area contributed by atoms with Gasteiger partial charge in [-0.05, 0) is 51.6 Å². The zero-order valence-corrected chi connectivity index (χ0v) is 13.3. The second-order valence-electron chi connectivity index (χ2n) is 6.21. The van der Waals surface area contributed by atoms with Crippen LogP contribution in [0.4, 0.5) is 0 Å². The number of nitrogens with one attached hydrogen (secondary N) is 1. The third kappa shape index (κ3) is 6.24. The largest absolute Gasteiger partial charge is 0.314 e. The van der Waals surface area contributed by atoms with Crippen LogP contribution in [0.2, 0.25) is 0 Å². The van der Waals surface area contributed by atoms with Gasteiger partial charge in [0, 0.05) is 24.7 Å². The molecule has 0 amide bonds. The fourth-order valence-electron chi connectivity index (χ4n) is 2.19. The van der Waals surface area contributed by atoms with E-state index in [1.807, 2.05) is 0 Å². The average Bonchev–Trinajstić information content (AvgIpc) is 2.81. The monoisotopic (exact) mass is 265 g/mol. The molecule has 0 saturated carbocycles. The minimum Gasteiger partial charge on any atom is -0.314 e. The first-order valence-corrected chi connectivity index (χ1v) is 7.80. The van der Waals surface area contributed by atoms with E-state index in [9.17, 15) is 0 Å². The zero-order valence-electron chi connectivity index (χ0n) is 13.3. The van der Waals surface area contributed by atoms with Gasteiger partial charge < -0.3 is 5.32 Å². The van der Waals surface area contributed by atoms with Gasteiger partial charge in [-0.15, -0.1) is 0 Å².